The summed E-state index contributed by atoms with van der Waals surface area (Å²) in [5.74, 6) is 0.596. The average Bonchev–Trinajstić information content (AvgIpc) is 3.25. The van der Waals surface area contributed by atoms with E-state index in [1.807, 2.05) is 49.6 Å². The number of nitrogens with one attached hydrogen (secondary N) is 1. The molecule has 2 aromatic heterocycles. The van der Waals surface area contributed by atoms with Gasteiger partial charge in [-0.2, -0.15) is 0 Å². The van der Waals surface area contributed by atoms with Crippen LogP contribution in [0.3, 0.4) is 0 Å². The van der Waals surface area contributed by atoms with E-state index in [1.54, 1.807) is 29.2 Å². The highest BCUT2D eigenvalue weighted by Crippen LogP contribution is 2.31. The van der Waals surface area contributed by atoms with Crippen LogP contribution in [0.4, 0.5) is 5.69 Å². The molecule has 0 aliphatic rings. The van der Waals surface area contributed by atoms with Gasteiger partial charge in [0.2, 0.25) is 0 Å². The maximum absolute atomic E-state index is 12.6. The van der Waals surface area contributed by atoms with Crippen LogP contribution < -0.4 is 10.1 Å². The number of carbonyl (C=O) groups is 1. The summed E-state index contributed by atoms with van der Waals surface area (Å²) in [4.78, 5) is 17.1. The normalized spacial score (nSPS) is 11.2. The number of aromatic nitrogens is 1. The van der Waals surface area contributed by atoms with E-state index in [0.717, 1.165) is 19.9 Å². The lowest BCUT2D eigenvalue weighted by Gasteiger charge is -2.03. The molecular formula is C19H16N2O3S2. The van der Waals surface area contributed by atoms with E-state index in [9.17, 15) is 4.79 Å². The van der Waals surface area contributed by atoms with Crippen LogP contribution >= 0.6 is 23.1 Å². The van der Waals surface area contributed by atoms with Crippen molar-refractivity contribution in [3.63, 3.8) is 0 Å². The second-order valence-corrected chi connectivity index (χ2v) is 7.62. The molecule has 132 valence electrons. The molecule has 26 heavy (non-hydrogen) atoms. The zero-order chi connectivity index (χ0) is 18.1. The van der Waals surface area contributed by atoms with Crippen LogP contribution in [0, 0.1) is 0 Å². The number of rotatable bonds is 5. The van der Waals surface area contributed by atoms with Crippen molar-refractivity contribution >= 4 is 55.9 Å². The molecule has 0 saturated carbocycles. The van der Waals surface area contributed by atoms with Crippen LogP contribution in [-0.2, 0) is 0 Å². The minimum Gasteiger partial charge on any atom is -0.490 e. The van der Waals surface area contributed by atoms with E-state index in [0.29, 0.717) is 23.6 Å². The Bertz CT molecular complexity index is 1100. The first kappa shape index (κ1) is 16.9. The standard InChI is InChI=1S/C19H16N2O3S2/c1-3-23-14-6-4-5-11-9-15(24-17(11)14)18(22)20-12-7-8-13-16(10-12)26-19(21-13)25-2/h4-10H,3H2,1-2H3,(H,20,22). The largest absolute Gasteiger partial charge is 0.490 e. The quantitative estimate of drug-likeness (QED) is 0.466. The van der Waals surface area contributed by atoms with Crippen LogP contribution in [-0.4, -0.2) is 23.8 Å². The summed E-state index contributed by atoms with van der Waals surface area (Å²) in [7, 11) is 0. The summed E-state index contributed by atoms with van der Waals surface area (Å²) < 4.78 is 13.3. The second-order valence-electron chi connectivity index (χ2n) is 5.54. The molecule has 4 rings (SSSR count). The SMILES string of the molecule is CCOc1cccc2cc(C(=O)Nc3ccc4nc(SC)sc4c3)oc12. The second kappa shape index (κ2) is 7.01. The number of ether oxygens (including phenoxy) is 1. The smallest absolute Gasteiger partial charge is 0.291 e. The van der Waals surface area contributed by atoms with Gasteiger partial charge >= 0.3 is 0 Å². The fraction of sp³-hybridized carbons (Fsp3) is 0.158. The first-order valence-corrected chi connectivity index (χ1v) is 10.1. The number of hydrogen-bond donors (Lipinski definition) is 1. The van der Waals surface area contributed by atoms with Crippen LogP contribution in [0.1, 0.15) is 17.5 Å². The molecule has 0 radical (unpaired) electrons. The average molecular weight is 384 g/mol. The molecule has 0 atom stereocenters. The van der Waals surface area contributed by atoms with Gasteiger partial charge in [-0.25, -0.2) is 4.98 Å². The summed E-state index contributed by atoms with van der Waals surface area (Å²) in [6.07, 6.45) is 2.00. The summed E-state index contributed by atoms with van der Waals surface area (Å²) in [5.41, 5.74) is 2.23. The van der Waals surface area contributed by atoms with E-state index in [2.05, 4.69) is 10.3 Å². The molecule has 2 aromatic carbocycles. The van der Waals surface area contributed by atoms with Crippen molar-refractivity contribution in [1.29, 1.82) is 0 Å². The fourth-order valence-electron chi connectivity index (χ4n) is 2.68. The Morgan fingerprint density at radius 2 is 2.19 bits per heavy atom. The molecule has 0 fully saturated rings. The number of para-hydroxylation sites is 1. The van der Waals surface area contributed by atoms with E-state index in [-0.39, 0.29) is 11.7 Å². The first-order chi connectivity index (χ1) is 12.7. The van der Waals surface area contributed by atoms with Crippen molar-refractivity contribution in [3.8, 4) is 5.75 Å². The molecule has 0 spiro atoms. The molecule has 4 aromatic rings. The Hall–Kier alpha value is -2.51. The molecule has 0 unspecified atom stereocenters. The van der Waals surface area contributed by atoms with Gasteiger partial charge in [0.1, 0.15) is 0 Å². The predicted octanol–water partition coefficient (Wildman–Crippen LogP) is 5.42. The Balaban J connectivity index is 1.61. The highest BCUT2D eigenvalue weighted by atomic mass is 32.2. The number of nitrogens with zero attached hydrogens (tertiary/aromatic N) is 1. The third-order valence-corrected chi connectivity index (χ3v) is 5.84. The Labute approximate surface area is 158 Å². The van der Waals surface area contributed by atoms with Gasteiger partial charge < -0.3 is 14.5 Å². The van der Waals surface area contributed by atoms with Crippen molar-refractivity contribution in [1.82, 2.24) is 4.98 Å². The molecule has 5 nitrogen and oxygen atoms in total. The molecule has 0 aliphatic carbocycles. The predicted molar refractivity (Wildman–Crippen MR) is 107 cm³/mol. The Morgan fingerprint density at radius 1 is 1.31 bits per heavy atom. The molecule has 0 aliphatic heterocycles. The summed E-state index contributed by atoms with van der Waals surface area (Å²) >= 11 is 3.22. The van der Waals surface area contributed by atoms with Gasteiger partial charge in [0.25, 0.3) is 5.91 Å². The van der Waals surface area contributed by atoms with Crippen LogP contribution in [0.2, 0.25) is 0 Å². The lowest BCUT2D eigenvalue weighted by molar-refractivity contribution is 0.0998. The van der Waals surface area contributed by atoms with Gasteiger partial charge in [-0.15, -0.1) is 11.3 Å². The number of benzene rings is 2. The van der Waals surface area contributed by atoms with E-state index in [1.165, 1.54) is 0 Å². The van der Waals surface area contributed by atoms with Crippen LogP contribution in [0.5, 0.6) is 5.75 Å². The first-order valence-electron chi connectivity index (χ1n) is 8.09. The molecule has 1 amide bonds. The maximum Gasteiger partial charge on any atom is 0.291 e. The van der Waals surface area contributed by atoms with Gasteiger partial charge in [0.05, 0.1) is 16.8 Å². The van der Waals surface area contributed by atoms with Crippen LogP contribution in [0.15, 0.2) is 51.2 Å². The van der Waals surface area contributed by atoms with Crippen molar-refractivity contribution in [2.75, 3.05) is 18.2 Å². The number of furan rings is 1. The van der Waals surface area contributed by atoms with Crippen molar-refractivity contribution in [3.05, 3.63) is 48.2 Å². The zero-order valence-corrected chi connectivity index (χ0v) is 15.9. The van der Waals surface area contributed by atoms with Gasteiger partial charge in [0, 0.05) is 11.1 Å². The van der Waals surface area contributed by atoms with Gasteiger partial charge in [-0.3, -0.25) is 4.79 Å². The Kier molecular flexibility index (Phi) is 4.57. The lowest BCUT2D eigenvalue weighted by atomic mass is 10.2. The van der Waals surface area contributed by atoms with E-state index in [4.69, 9.17) is 9.15 Å². The summed E-state index contributed by atoms with van der Waals surface area (Å²) in [6.45, 7) is 2.45. The molecule has 1 N–H and O–H groups in total. The maximum atomic E-state index is 12.6. The van der Waals surface area contributed by atoms with E-state index >= 15 is 0 Å². The molecule has 7 heteroatoms. The number of hydrogen-bond acceptors (Lipinski definition) is 6. The monoisotopic (exact) mass is 384 g/mol. The Morgan fingerprint density at radius 3 is 3.00 bits per heavy atom. The zero-order valence-electron chi connectivity index (χ0n) is 14.2. The number of thioether (sulfide) groups is 1. The van der Waals surface area contributed by atoms with Gasteiger partial charge in [-0.1, -0.05) is 23.9 Å². The fourth-order valence-corrected chi connectivity index (χ4v) is 4.21. The highest BCUT2D eigenvalue weighted by Gasteiger charge is 2.15. The van der Waals surface area contributed by atoms with E-state index < -0.39 is 0 Å². The molecule has 0 bridgehead atoms. The van der Waals surface area contributed by atoms with Gasteiger partial charge in [-0.05, 0) is 43.5 Å². The highest BCUT2D eigenvalue weighted by molar-refractivity contribution is 8.00. The number of anilines is 1. The minimum atomic E-state index is -0.294. The van der Waals surface area contributed by atoms with Gasteiger partial charge in [0.15, 0.2) is 21.4 Å². The third-order valence-electron chi connectivity index (χ3n) is 3.83. The summed E-state index contributed by atoms with van der Waals surface area (Å²) in [6, 6.07) is 13.0. The molecular weight excluding hydrogens is 368 g/mol. The lowest BCUT2D eigenvalue weighted by Crippen LogP contribution is -2.10. The van der Waals surface area contributed by atoms with Crippen molar-refractivity contribution < 1.29 is 13.9 Å². The third kappa shape index (κ3) is 3.15. The number of thiazole rings is 1. The number of carbonyl (C=O) groups excluding carboxylic acids is 1. The molecule has 0 saturated heterocycles. The minimum absolute atomic E-state index is 0.251. The topological polar surface area (TPSA) is 64.4 Å². The van der Waals surface area contributed by atoms with Crippen LogP contribution in [0.25, 0.3) is 21.2 Å². The van der Waals surface area contributed by atoms with Crippen molar-refractivity contribution in [2.24, 2.45) is 0 Å². The summed E-state index contributed by atoms with van der Waals surface area (Å²) in [5, 5.41) is 3.73. The number of fused-ring (bicyclic) bond motifs is 2. The molecule has 2 heterocycles. The number of amides is 1. The van der Waals surface area contributed by atoms with Crippen molar-refractivity contribution in [2.45, 2.75) is 11.3 Å².